The Morgan fingerprint density at radius 3 is 2.69 bits per heavy atom. The van der Waals surface area contributed by atoms with Gasteiger partial charge in [-0.25, -0.2) is 4.39 Å². The van der Waals surface area contributed by atoms with E-state index in [1.165, 1.54) is 6.07 Å². The Morgan fingerprint density at radius 2 is 2.23 bits per heavy atom. The van der Waals surface area contributed by atoms with Crippen molar-refractivity contribution >= 4 is 0 Å². The second kappa shape index (κ2) is 4.19. The number of rotatable bonds is 3. The first-order valence-electron chi connectivity index (χ1n) is 4.25. The molecule has 0 spiro atoms. The molecule has 0 amide bonds. The van der Waals surface area contributed by atoms with Crippen molar-refractivity contribution in [3.05, 3.63) is 47.8 Å². The van der Waals surface area contributed by atoms with Crippen LogP contribution in [0.4, 0.5) is 4.39 Å². The predicted molar refractivity (Wildman–Crippen MR) is 53.1 cm³/mol. The Labute approximate surface area is 78.3 Å². The van der Waals surface area contributed by atoms with E-state index >= 15 is 0 Å². The average molecular weight is 179 g/mol. The van der Waals surface area contributed by atoms with Crippen molar-refractivity contribution in [3.8, 4) is 0 Å². The fourth-order valence-electron chi connectivity index (χ4n) is 1.28. The van der Waals surface area contributed by atoms with E-state index in [4.69, 9.17) is 0 Å². The average Bonchev–Trinajstić information content (AvgIpc) is 2.13. The maximum absolute atomic E-state index is 12.9. The number of hydrogen-bond acceptors (Lipinski definition) is 1. The molecule has 0 aliphatic heterocycles. The van der Waals surface area contributed by atoms with Crippen LogP contribution in [-0.2, 0) is 0 Å². The summed E-state index contributed by atoms with van der Waals surface area (Å²) in [6.07, 6.45) is 1.80. The summed E-state index contributed by atoms with van der Waals surface area (Å²) >= 11 is 0. The third-order valence-electron chi connectivity index (χ3n) is 2.09. The van der Waals surface area contributed by atoms with Crippen molar-refractivity contribution in [3.63, 3.8) is 0 Å². The molecule has 1 N–H and O–H groups in total. The summed E-state index contributed by atoms with van der Waals surface area (Å²) < 4.78 is 12.9. The number of aryl methyl sites for hydroxylation is 1. The van der Waals surface area contributed by atoms with Gasteiger partial charge in [0.2, 0.25) is 0 Å². The Bertz CT molecular complexity index is 307. The van der Waals surface area contributed by atoms with Crippen molar-refractivity contribution in [1.29, 1.82) is 0 Å². The summed E-state index contributed by atoms with van der Waals surface area (Å²) in [6, 6.07) is 5.18. The quantitative estimate of drug-likeness (QED) is 0.703. The second-order valence-corrected chi connectivity index (χ2v) is 3.01. The summed E-state index contributed by atoms with van der Waals surface area (Å²) in [4.78, 5) is 0. The molecule has 1 aromatic carbocycles. The summed E-state index contributed by atoms with van der Waals surface area (Å²) in [5, 5.41) is 3.07. The molecule has 0 heterocycles. The topological polar surface area (TPSA) is 12.0 Å². The van der Waals surface area contributed by atoms with Gasteiger partial charge in [-0.15, -0.1) is 6.58 Å². The molecule has 1 nitrogen and oxygen atoms in total. The Morgan fingerprint density at radius 1 is 1.54 bits per heavy atom. The highest BCUT2D eigenvalue weighted by Gasteiger charge is 2.05. The van der Waals surface area contributed by atoms with Crippen LogP contribution in [-0.4, -0.2) is 7.05 Å². The van der Waals surface area contributed by atoms with E-state index in [9.17, 15) is 4.39 Å². The molecule has 0 radical (unpaired) electrons. The minimum atomic E-state index is -0.164. The first kappa shape index (κ1) is 9.93. The molecular weight excluding hydrogens is 165 g/mol. The molecular formula is C11H14FN. The number of halogens is 1. The third kappa shape index (κ3) is 2.16. The smallest absolute Gasteiger partial charge is 0.126 e. The zero-order valence-corrected chi connectivity index (χ0v) is 7.97. The van der Waals surface area contributed by atoms with Gasteiger partial charge in [-0.2, -0.15) is 0 Å². The van der Waals surface area contributed by atoms with Crippen LogP contribution < -0.4 is 5.32 Å². The molecule has 0 fully saturated rings. The van der Waals surface area contributed by atoms with Gasteiger partial charge in [0, 0.05) is 0 Å². The van der Waals surface area contributed by atoms with Gasteiger partial charge in [0.05, 0.1) is 6.04 Å². The minimum Gasteiger partial charge on any atom is -0.310 e. The maximum atomic E-state index is 12.9. The van der Waals surface area contributed by atoms with Crippen LogP contribution in [0.2, 0.25) is 0 Å². The predicted octanol–water partition coefficient (Wildman–Crippen LogP) is 2.58. The molecule has 1 aromatic rings. The van der Waals surface area contributed by atoms with Gasteiger partial charge in [0.15, 0.2) is 0 Å². The van der Waals surface area contributed by atoms with Crippen molar-refractivity contribution in [1.82, 2.24) is 5.32 Å². The van der Waals surface area contributed by atoms with Gasteiger partial charge < -0.3 is 5.32 Å². The molecule has 2 heteroatoms. The molecule has 13 heavy (non-hydrogen) atoms. The zero-order chi connectivity index (χ0) is 9.84. The Balaban J connectivity index is 3.01. The fourth-order valence-corrected chi connectivity index (χ4v) is 1.28. The highest BCUT2D eigenvalue weighted by molar-refractivity contribution is 5.28. The standard InChI is InChI=1S/C11H14FN/c1-4-11(13-3)9-5-6-10(12)8(2)7-9/h4-7,11,13H,1H2,2-3H3. The molecule has 0 aliphatic rings. The summed E-state index contributed by atoms with van der Waals surface area (Å²) in [6.45, 7) is 5.46. The van der Waals surface area contributed by atoms with Gasteiger partial charge in [-0.1, -0.05) is 18.2 Å². The molecule has 0 saturated heterocycles. The van der Waals surface area contributed by atoms with E-state index in [1.54, 1.807) is 19.1 Å². The minimum absolute atomic E-state index is 0.0966. The molecule has 70 valence electrons. The van der Waals surface area contributed by atoms with Gasteiger partial charge in [-0.05, 0) is 31.2 Å². The van der Waals surface area contributed by atoms with Crippen LogP contribution >= 0.6 is 0 Å². The first-order valence-corrected chi connectivity index (χ1v) is 4.25. The van der Waals surface area contributed by atoms with E-state index in [-0.39, 0.29) is 11.9 Å². The SMILES string of the molecule is C=CC(NC)c1ccc(F)c(C)c1. The molecule has 0 saturated carbocycles. The number of likely N-dealkylation sites (N-methyl/N-ethyl adjacent to an activating group) is 1. The van der Waals surface area contributed by atoms with E-state index in [1.807, 2.05) is 13.1 Å². The monoisotopic (exact) mass is 179 g/mol. The van der Waals surface area contributed by atoms with Crippen LogP contribution in [0.3, 0.4) is 0 Å². The summed E-state index contributed by atoms with van der Waals surface area (Å²) in [7, 11) is 1.85. The molecule has 1 atom stereocenters. The van der Waals surface area contributed by atoms with Gasteiger partial charge in [-0.3, -0.25) is 0 Å². The van der Waals surface area contributed by atoms with Crippen LogP contribution in [0.25, 0.3) is 0 Å². The lowest BCUT2D eigenvalue weighted by Gasteiger charge is -2.12. The third-order valence-corrected chi connectivity index (χ3v) is 2.09. The fraction of sp³-hybridized carbons (Fsp3) is 0.273. The van der Waals surface area contributed by atoms with Crippen LogP contribution in [0.5, 0.6) is 0 Å². The van der Waals surface area contributed by atoms with Gasteiger partial charge in [0.25, 0.3) is 0 Å². The first-order chi connectivity index (χ1) is 6.19. The summed E-state index contributed by atoms with van der Waals surface area (Å²) in [5.74, 6) is -0.164. The number of nitrogens with one attached hydrogen (secondary N) is 1. The van der Waals surface area contributed by atoms with Gasteiger partial charge in [0.1, 0.15) is 5.82 Å². The molecule has 1 rings (SSSR count). The largest absolute Gasteiger partial charge is 0.310 e. The van der Waals surface area contributed by atoms with Crippen LogP contribution in [0, 0.1) is 12.7 Å². The van der Waals surface area contributed by atoms with Crippen molar-refractivity contribution < 1.29 is 4.39 Å². The number of benzene rings is 1. The van der Waals surface area contributed by atoms with E-state index in [2.05, 4.69) is 11.9 Å². The zero-order valence-electron chi connectivity index (χ0n) is 7.97. The van der Waals surface area contributed by atoms with Crippen molar-refractivity contribution in [2.45, 2.75) is 13.0 Å². The maximum Gasteiger partial charge on any atom is 0.126 e. The van der Waals surface area contributed by atoms with Crippen molar-refractivity contribution in [2.75, 3.05) is 7.05 Å². The van der Waals surface area contributed by atoms with Gasteiger partial charge >= 0.3 is 0 Å². The normalized spacial score (nSPS) is 12.5. The molecule has 0 aliphatic carbocycles. The molecule has 1 unspecified atom stereocenters. The van der Waals surface area contributed by atoms with Crippen LogP contribution in [0.15, 0.2) is 30.9 Å². The lowest BCUT2D eigenvalue weighted by atomic mass is 10.0. The van der Waals surface area contributed by atoms with E-state index in [0.29, 0.717) is 5.56 Å². The number of hydrogen-bond donors (Lipinski definition) is 1. The Kier molecular flexibility index (Phi) is 3.20. The summed E-state index contributed by atoms with van der Waals surface area (Å²) in [5.41, 5.74) is 1.70. The second-order valence-electron chi connectivity index (χ2n) is 3.01. The molecule has 0 bridgehead atoms. The highest BCUT2D eigenvalue weighted by atomic mass is 19.1. The van der Waals surface area contributed by atoms with Crippen molar-refractivity contribution in [2.24, 2.45) is 0 Å². The van der Waals surface area contributed by atoms with E-state index in [0.717, 1.165) is 5.56 Å². The Hall–Kier alpha value is -1.15. The van der Waals surface area contributed by atoms with E-state index < -0.39 is 0 Å². The lowest BCUT2D eigenvalue weighted by molar-refractivity contribution is 0.615. The van der Waals surface area contributed by atoms with Crippen LogP contribution in [0.1, 0.15) is 17.2 Å². The lowest BCUT2D eigenvalue weighted by Crippen LogP contribution is -2.13. The molecule has 0 aromatic heterocycles. The highest BCUT2D eigenvalue weighted by Crippen LogP contribution is 2.16.